The Morgan fingerprint density at radius 2 is 1.82 bits per heavy atom. The van der Waals surface area contributed by atoms with Crippen molar-refractivity contribution in [2.75, 3.05) is 16.4 Å². The number of benzene rings is 1. The zero-order valence-electron chi connectivity index (χ0n) is 21.7. The number of esters is 1. The second-order valence-corrected chi connectivity index (χ2v) is 10.9. The van der Waals surface area contributed by atoms with E-state index in [1.165, 1.54) is 11.1 Å². The minimum absolute atomic E-state index is 0.0262. The molecule has 1 aromatic heterocycles. The number of rotatable bonds is 8. The molecule has 3 rings (SSSR count). The van der Waals surface area contributed by atoms with Gasteiger partial charge in [-0.25, -0.2) is 14.2 Å². The maximum Gasteiger partial charge on any atom is 0.421 e. The molecule has 38 heavy (non-hydrogen) atoms. The number of hydrogen-bond acceptors (Lipinski definition) is 5. The van der Waals surface area contributed by atoms with Crippen LogP contribution in [0.25, 0.3) is 0 Å². The number of alkyl halides is 4. The highest BCUT2D eigenvalue weighted by Crippen LogP contribution is 2.40. The molecule has 11 heteroatoms. The van der Waals surface area contributed by atoms with Crippen LogP contribution in [0.5, 0.6) is 11.6 Å². The topological polar surface area (TPSA) is 68.7 Å². The second kappa shape index (κ2) is 12.6. The lowest BCUT2D eigenvalue weighted by atomic mass is 9.82. The van der Waals surface area contributed by atoms with E-state index in [2.05, 4.69) is 11.9 Å². The molecule has 1 heterocycles. The van der Waals surface area contributed by atoms with E-state index in [-0.39, 0.29) is 23.1 Å². The van der Waals surface area contributed by atoms with Gasteiger partial charge in [-0.2, -0.15) is 13.2 Å². The van der Waals surface area contributed by atoms with E-state index < -0.39 is 41.2 Å². The Kier molecular flexibility index (Phi) is 9.99. The second-order valence-electron chi connectivity index (χ2n) is 9.79. The summed E-state index contributed by atoms with van der Waals surface area (Å²) in [6.07, 6.45) is -0.0628. The Morgan fingerprint density at radius 1 is 1.16 bits per heavy atom. The van der Waals surface area contributed by atoms with E-state index in [1.54, 1.807) is 13.8 Å². The van der Waals surface area contributed by atoms with E-state index in [9.17, 15) is 22.8 Å². The molecule has 6 nitrogen and oxygen atoms in total. The number of methoxy groups -OCH3 is 1. The van der Waals surface area contributed by atoms with Crippen LogP contribution in [-0.4, -0.2) is 34.4 Å². The van der Waals surface area contributed by atoms with Gasteiger partial charge in [0.2, 0.25) is 11.8 Å². The molecule has 0 aliphatic heterocycles. The Labute approximate surface area is 233 Å². The molecule has 0 unspecified atom stereocenters. The van der Waals surface area contributed by atoms with Crippen LogP contribution in [0.4, 0.5) is 23.2 Å². The van der Waals surface area contributed by atoms with Crippen molar-refractivity contribution in [3.63, 3.8) is 0 Å². The molecule has 0 bridgehead atoms. The van der Waals surface area contributed by atoms with Gasteiger partial charge in [0, 0.05) is 34.7 Å². The molecule has 1 fully saturated rings. The lowest BCUT2D eigenvalue weighted by molar-refractivity contribution is -0.139. The van der Waals surface area contributed by atoms with Gasteiger partial charge in [-0.3, -0.25) is 4.79 Å². The van der Waals surface area contributed by atoms with E-state index in [0.29, 0.717) is 35.2 Å². The first-order chi connectivity index (χ1) is 17.9. The fraction of sp³-hybridized carbons (Fsp3) is 0.519. The smallest absolute Gasteiger partial charge is 0.421 e. The van der Waals surface area contributed by atoms with Crippen LogP contribution in [0.2, 0.25) is 0 Å². The summed E-state index contributed by atoms with van der Waals surface area (Å²) < 4.78 is 67.4. The molecular weight excluding hydrogens is 619 g/mol. The van der Waals surface area contributed by atoms with Crippen LogP contribution >= 0.6 is 22.6 Å². The van der Waals surface area contributed by atoms with Gasteiger partial charge < -0.3 is 14.4 Å². The maximum absolute atomic E-state index is 15.4. The Morgan fingerprint density at radius 3 is 2.37 bits per heavy atom. The Balaban J connectivity index is 2.06. The maximum atomic E-state index is 15.4. The highest BCUT2D eigenvalue weighted by molar-refractivity contribution is 14.1. The number of nitrogens with zero attached hydrogens (tertiary/aromatic N) is 2. The molecule has 1 aromatic carbocycles. The Bertz CT molecular complexity index is 1160. The summed E-state index contributed by atoms with van der Waals surface area (Å²) in [6, 6.07) is 2.38. The highest BCUT2D eigenvalue weighted by atomic mass is 127. The van der Waals surface area contributed by atoms with Crippen molar-refractivity contribution in [3.05, 3.63) is 46.9 Å². The molecule has 1 amide bonds. The average Bonchev–Trinajstić information content (AvgIpc) is 2.85. The van der Waals surface area contributed by atoms with Gasteiger partial charge >= 0.3 is 12.1 Å². The normalized spacial score (nSPS) is 17.8. The lowest BCUT2D eigenvalue weighted by Crippen LogP contribution is -2.43. The van der Waals surface area contributed by atoms with Crippen molar-refractivity contribution in [1.29, 1.82) is 0 Å². The minimum Gasteiger partial charge on any atom is -0.465 e. The van der Waals surface area contributed by atoms with Gasteiger partial charge in [-0.1, -0.05) is 29.5 Å². The Hall–Kier alpha value is -2.44. The van der Waals surface area contributed by atoms with Gasteiger partial charge in [0.1, 0.15) is 5.56 Å². The summed E-state index contributed by atoms with van der Waals surface area (Å²) in [5.41, 5.74) is -1.03. The van der Waals surface area contributed by atoms with Crippen LogP contribution in [0, 0.1) is 17.7 Å². The first-order valence-electron chi connectivity index (χ1n) is 12.4. The van der Waals surface area contributed by atoms with Crippen LogP contribution in [0.3, 0.4) is 0 Å². The van der Waals surface area contributed by atoms with E-state index in [4.69, 9.17) is 9.47 Å². The number of hydrogen-bond donors (Lipinski definition) is 0. The minimum atomic E-state index is -4.80. The summed E-state index contributed by atoms with van der Waals surface area (Å²) in [5.74, 6) is -3.43. The van der Waals surface area contributed by atoms with Crippen molar-refractivity contribution in [2.24, 2.45) is 11.8 Å². The standard InChI is InChI=1S/C27H31F4IN2O4/c1-15(2)34(25(35)18-7-5-16(3)6-8-18)22-13-21(28)23(12-19(22)26(36)37-4)38-24-20(27(29,30)31)11-17(9-10-32)14-33-24/h11-16,18H,5-10H2,1-4H3/t16-,18-. The zero-order valence-corrected chi connectivity index (χ0v) is 23.9. The van der Waals surface area contributed by atoms with Crippen molar-refractivity contribution in [3.8, 4) is 11.6 Å². The number of aryl methyl sites for hydroxylation is 1. The first-order valence-corrected chi connectivity index (χ1v) is 13.9. The molecule has 0 radical (unpaired) electrons. The number of halogens is 5. The average molecular weight is 650 g/mol. The number of anilines is 1. The van der Waals surface area contributed by atoms with Gasteiger partial charge in [-0.05, 0) is 63.5 Å². The van der Waals surface area contributed by atoms with Gasteiger partial charge in [-0.15, -0.1) is 0 Å². The van der Waals surface area contributed by atoms with Crippen molar-refractivity contribution in [2.45, 2.75) is 65.1 Å². The van der Waals surface area contributed by atoms with Crippen LogP contribution < -0.4 is 9.64 Å². The molecule has 0 saturated heterocycles. The van der Waals surface area contributed by atoms with Gasteiger partial charge in [0.15, 0.2) is 11.6 Å². The molecule has 1 aliphatic rings. The summed E-state index contributed by atoms with van der Waals surface area (Å²) in [6.45, 7) is 5.60. The van der Waals surface area contributed by atoms with Crippen LogP contribution in [0.1, 0.15) is 67.9 Å². The number of carbonyl (C=O) groups excluding carboxylic acids is 2. The lowest BCUT2D eigenvalue weighted by Gasteiger charge is -2.34. The highest BCUT2D eigenvalue weighted by Gasteiger charge is 2.37. The number of pyridine rings is 1. The number of carbonyl (C=O) groups is 2. The van der Waals surface area contributed by atoms with Gasteiger partial charge in [0.25, 0.3) is 0 Å². The van der Waals surface area contributed by atoms with Crippen molar-refractivity contribution in [1.82, 2.24) is 4.98 Å². The molecule has 2 aromatic rings. The predicted octanol–water partition coefficient (Wildman–Crippen LogP) is 7.36. The fourth-order valence-corrected chi connectivity index (χ4v) is 5.20. The largest absolute Gasteiger partial charge is 0.465 e. The van der Waals surface area contributed by atoms with Gasteiger partial charge in [0.05, 0.1) is 18.4 Å². The summed E-state index contributed by atoms with van der Waals surface area (Å²) in [7, 11) is 1.12. The number of ether oxygens (including phenoxy) is 2. The van der Waals surface area contributed by atoms with Crippen molar-refractivity contribution >= 4 is 40.2 Å². The third kappa shape index (κ3) is 6.95. The monoisotopic (exact) mass is 650 g/mol. The molecular formula is C27H31F4IN2O4. The SMILES string of the molecule is COC(=O)c1cc(Oc2ncc(CCI)cc2C(F)(F)F)c(F)cc1N(C(=O)[C@H]1CC[C@H](C)CC1)C(C)C. The first kappa shape index (κ1) is 30.1. The van der Waals surface area contributed by atoms with E-state index in [1.807, 2.05) is 22.6 Å². The summed E-state index contributed by atoms with van der Waals surface area (Å²) in [5, 5.41) is 0. The van der Waals surface area contributed by atoms with Crippen LogP contribution in [-0.2, 0) is 22.1 Å². The third-order valence-corrected chi connectivity index (χ3v) is 7.18. The predicted molar refractivity (Wildman–Crippen MR) is 143 cm³/mol. The summed E-state index contributed by atoms with van der Waals surface area (Å²) >= 11 is 2.04. The van der Waals surface area contributed by atoms with E-state index in [0.717, 1.165) is 38.2 Å². The number of aromatic nitrogens is 1. The third-order valence-electron chi connectivity index (χ3n) is 6.64. The molecule has 1 saturated carbocycles. The fourth-order valence-electron chi connectivity index (χ4n) is 4.58. The van der Waals surface area contributed by atoms with Crippen molar-refractivity contribution < 1.29 is 36.6 Å². The molecule has 0 atom stereocenters. The quantitative estimate of drug-likeness (QED) is 0.129. The van der Waals surface area contributed by atoms with E-state index >= 15 is 4.39 Å². The molecule has 208 valence electrons. The summed E-state index contributed by atoms with van der Waals surface area (Å²) in [4.78, 5) is 31.4. The molecule has 0 spiro atoms. The number of amides is 1. The molecule has 0 N–H and O–H groups in total. The zero-order chi connectivity index (χ0) is 28.2. The molecule has 1 aliphatic carbocycles. The van der Waals surface area contributed by atoms with Crippen LogP contribution in [0.15, 0.2) is 24.4 Å².